The maximum Gasteiger partial charge on any atom is 0.415 e. The van der Waals surface area contributed by atoms with Gasteiger partial charge in [0.15, 0.2) is 0 Å². The number of carbonyl (C=O) groups is 2. The molecule has 1 atom stereocenters. The molecule has 36 heavy (non-hydrogen) atoms. The van der Waals surface area contributed by atoms with Crippen molar-refractivity contribution in [1.29, 1.82) is 5.41 Å². The van der Waals surface area contributed by atoms with Gasteiger partial charge in [-0.2, -0.15) is 12.6 Å². The highest BCUT2D eigenvalue weighted by Crippen LogP contribution is 2.28. The van der Waals surface area contributed by atoms with E-state index in [9.17, 15) is 9.59 Å². The number of hydrogen-bond donors (Lipinski definition) is 3. The fraction of sp³-hybridized carbons (Fsp3) is 0.577. The van der Waals surface area contributed by atoms with E-state index in [1.807, 2.05) is 53.3 Å². The molecule has 1 aromatic rings. The summed E-state index contributed by atoms with van der Waals surface area (Å²) in [6.07, 6.45) is 6.13. The van der Waals surface area contributed by atoms with Crippen molar-refractivity contribution in [3.05, 3.63) is 41.5 Å². The highest BCUT2D eigenvalue weighted by molar-refractivity contribution is 7.80. The number of benzene rings is 1. The lowest BCUT2D eigenvalue weighted by Gasteiger charge is -2.24. The first-order valence-corrected chi connectivity index (χ1v) is 12.9. The van der Waals surface area contributed by atoms with Crippen LogP contribution in [0.2, 0.25) is 0 Å². The van der Waals surface area contributed by atoms with Crippen molar-refractivity contribution in [2.24, 2.45) is 0 Å². The molecular formula is C26H43N5O4S. The highest BCUT2D eigenvalue weighted by Gasteiger charge is 2.20. The van der Waals surface area contributed by atoms with Gasteiger partial charge in [-0.15, -0.1) is 0 Å². The third-order valence-electron chi connectivity index (χ3n) is 5.34. The first kappa shape index (κ1) is 31.5. The fourth-order valence-electron chi connectivity index (χ4n) is 3.48. The van der Waals surface area contributed by atoms with Crippen LogP contribution in [0.15, 0.2) is 30.4 Å². The van der Waals surface area contributed by atoms with Crippen molar-refractivity contribution in [3.63, 3.8) is 0 Å². The summed E-state index contributed by atoms with van der Waals surface area (Å²) in [6.45, 7) is 4.89. The number of ether oxygens (including phenoxy) is 2. The van der Waals surface area contributed by atoms with Gasteiger partial charge in [0.05, 0.1) is 6.34 Å². The standard InChI is InChI=1S/C26H43N5O4S/c1-21-19-22(24(11-7-6-8-18-36)34-25(32)28-20-27)12-13-23(21)35-26(33)31(16-9-14-29(2)3)17-10-15-30(4)5/h6-7,12-13,19-20,24,36H,8-11,14-18H2,1-5H3,(H2,27,28,32)/b7-6+. The van der Waals surface area contributed by atoms with Crippen molar-refractivity contribution >= 4 is 31.2 Å². The number of nitrogens with zero attached hydrogens (tertiary/aromatic N) is 3. The van der Waals surface area contributed by atoms with Crippen LogP contribution in [-0.2, 0) is 4.74 Å². The van der Waals surface area contributed by atoms with Gasteiger partial charge < -0.3 is 24.2 Å². The van der Waals surface area contributed by atoms with Gasteiger partial charge in [0, 0.05) is 19.5 Å². The molecular weight excluding hydrogens is 478 g/mol. The van der Waals surface area contributed by atoms with E-state index in [4.69, 9.17) is 14.9 Å². The van der Waals surface area contributed by atoms with Crippen molar-refractivity contribution in [2.75, 3.05) is 60.1 Å². The number of allylic oxidation sites excluding steroid dienone is 1. The van der Waals surface area contributed by atoms with Gasteiger partial charge in [-0.05, 0) is 96.5 Å². The predicted octanol–water partition coefficient (Wildman–Crippen LogP) is 4.34. The second-order valence-electron chi connectivity index (χ2n) is 9.10. The normalized spacial score (nSPS) is 12.1. The number of thiol groups is 1. The van der Waals surface area contributed by atoms with Gasteiger partial charge in [-0.25, -0.2) is 9.59 Å². The molecule has 0 aliphatic heterocycles. The van der Waals surface area contributed by atoms with E-state index in [0.717, 1.165) is 55.6 Å². The van der Waals surface area contributed by atoms with Crippen LogP contribution in [0.5, 0.6) is 5.75 Å². The van der Waals surface area contributed by atoms with Gasteiger partial charge in [-0.1, -0.05) is 18.2 Å². The zero-order valence-corrected chi connectivity index (χ0v) is 23.2. The van der Waals surface area contributed by atoms with Crippen LogP contribution >= 0.6 is 12.6 Å². The molecule has 0 aliphatic rings. The van der Waals surface area contributed by atoms with E-state index in [0.29, 0.717) is 25.3 Å². The zero-order valence-electron chi connectivity index (χ0n) is 22.3. The van der Waals surface area contributed by atoms with Crippen molar-refractivity contribution in [1.82, 2.24) is 20.0 Å². The van der Waals surface area contributed by atoms with Crippen molar-refractivity contribution in [3.8, 4) is 5.75 Å². The van der Waals surface area contributed by atoms with Crippen LogP contribution in [0.3, 0.4) is 0 Å². The Labute approximate surface area is 221 Å². The molecule has 0 bridgehead atoms. The molecule has 1 rings (SSSR count). The molecule has 10 heteroatoms. The van der Waals surface area contributed by atoms with Gasteiger partial charge in [-0.3, -0.25) is 10.7 Å². The first-order valence-electron chi connectivity index (χ1n) is 12.3. The van der Waals surface area contributed by atoms with Crippen molar-refractivity contribution in [2.45, 2.75) is 38.7 Å². The van der Waals surface area contributed by atoms with Gasteiger partial charge in [0.25, 0.3) is 0 Å². The maximum absolute atomic E-state index is 13.0. The predicted molar refractivity (Wildman–Crippen MR) is 148 cm³/mol. The molecule has 2 N–H and O–H groups in total. The summed E-state index contributed by atoms with van der Waals surface area (Å²) < 4.78 is 11.3. The average molecular weight is 522 g/mol. The summed E-state index contributed by atoms with van der Waals surface area (Å²) in [6, 6.07) is 5.40. The number of rotatable bonds is 16. The first-order chi connectivity index (χ1) is 17.2. The Morgan fingerprint density at radius 1 is 1.06 bits per heavy atom. The highest BCUT2D eigenvalue weighted by atomic mass is 32.1. The molecule has 9 nitrogen and oxygen atoms in total. The second kappa shape index (κ2) is 17.8. The fourth-order valence-corrected chi connectivity index (χ4v) is 3.63. The van der Waals surface area contributed by atoms with Crippen LogP contribution in [0, 0.1) is 12.3 Å². The summed E-state index contributed by atoms with van der Waals surface area (Å²) in [5, 5.41) is 9.27. The Hall–Kier alpha value is -2.56. The van der Waals surface area contributed by atoms with Gasteiger partial charge in [0.2, 0.25) is 0 Å². The minimum absolute atomic E-state index is 0.365. The van der Waals surface area contributed by atoms with Gasteiger partial charge >= 0.3 is 12.2 Å². The summed E-state index contributed by atoms with van der Waals surface area (Å²) in [7, 11) is 8.06. The van der Waals surface area contributed by atoms with E-state index in [1.165, 1.54) is 0 Å². The quantitative estimate of drug-likeness (QED) is 0.130. The lowest BCUT2D eigenvalue weighted by atomic mass is 10.0. The number of alkyl carbamates (subject to hydrolysis) is 1. The smallest absolute Gasteiger partial charge is 0.415 e. The molecule has 0 aliphatic carbocycles. The topological polar surface area (TPSA) is 98.2 Å². The number of carbonyl (C=O) groups excluding carboxylic acids is 2. The molecule has 2 amide bonds. The molecule has 0 spiro atoms. The van der Waals surface area contributed by atoms with Crippen LogP contribution < -0.4 is 10.1 Å². The lowest BCUT2D eigenvalue weighted by Crippen LogP contribution is -2.37. The van der Waals surface area contributed by atoms with E-state index in [2.05, 4.69) is 27.7 Å². The SMILES string of the molecule is Cc1cc(C(C/C=C/CCS)OC(=O)NC=N)ccc1OC(=O)N(CCCN(C)C)CCCN(C)C. The molecule has 0 radical (unpaired) electrons. The summed E-state index contributed by atoms with van der Waals surface area (Å²) in [5.41, 5.74) is 1.54. The average Bonchev–Trinajstić information content (AvgIpc) is 2.81. The zero-order chi connectivity index (χ0) is 26.9. The summed E-state index contributed by atoms with van der Waals surface area (Å²) in [4.78, 5) is 30.9. The van der Waals surface area contributed by atoms with Crippen molar-refractivity contribution < 1.29 is 19.1 Å². The summed E-state index contributed by atoms with van der Waals surface area (Å²) in [5.74, 6) is 1.21. The molecule has 1 unspecified atom stereocenters. The van der Waals surface area contributed by atoms with Crippen LogP contribution in [0.25, 0.3) is 0 Å². The third-order valence-corrected chi connectivity index (χ3v) is 5.60. The molecule has 0 heterocycles. The van der Waals surface area contributed by atoms with E-state index < -0.39 is 12.2 Å². The van der Waals surface area contributed by atoms with E-state index >= 15 is 0 Å². The van der Waals surface area contributed by atoms with Crippen LogP contribution in [-0.4, -0.2) is 93.3 Å². The summed E-state index contributed by atoms with van der Waals surface area (Å²) >= 11 is 4.20. The lowest BCUT2D eigenvalue weighted by molar-refractivity contribution is 0.104. The molecule has 0 saturated heterocycles. The Bertz CT molecular complexity index is 834. The Balaban J connectivity index is 2.96. The van der Waals surface area contributed by atoms with Crippen LogP contribution in [0.1, 0.15) is 42.9 Å². The Morgan fingerprint density at radius 2 is 1.69 bits per heavy atom. The molecule has 0 fully saturated rings. The largest absolute Gasteiger partial charge is 0.441 e. The number of amides is 2. The molecule has 0 saturated carbocycles. The molecule has 202 valence electrons. The van der Waals surface area contributed by atoms with Gasteiger partial charge in [0.1, 0.15) is 11.9 Å². The monoisotopic (exact) mass is 521 g/mol. The minimum Gasteiger partial charge on any atom is -0.441 e. The third kappa shape index (κ3) is 12.9. The minimum atomic E-state index is -0.697. The maximum atomic E-state index is 13.0. The Morgan fingerprint density at radius 3 is 2.22 bits per heavy atom. The number of nitrogens with one attached hydrogen (secondary N) is 2. The second-order valence-corrected chi connectivity index (χ2v) is 9.54. The molecule has 0 aromatic heterocycles. The van der Waals surface area contributed by atoms with Crippen LogP contribution in [0.4, 0.5) is 9.59 Å². The molecule has 1 aromatic carbocycles. The van der Waals surface area contributed by atoms with E-state index in [1.54, 1.807) is 17.0 Å². The Kier molecular flexibility index (Phi) is 15.6. The number of hydrogen-bond acceptors (Lipinski definition) is 8. The number of aryl methyl sites for hydroxylation is 1. The van der Waals surface area contributed by atoms with E-state index in [-0.39, 0.29) is 6.09 Å².